The maximum absolute atomic E-state index is 13.8. The van der Waals surface area contributed by atoms with Crippen molar-refractivity contribution in [3.05, 3.63) is 135 Å². The fourth-order valence-corrected chi connectivity index (χ4v) is 6.40. The van der Waals surface area contributed by atoms with E-state index in [9.17, 15) is 14.9 Å². The molecular formula is C28H20ClN3O3S2. The van der Waals surface area contributed by atoms with Crippen LogP contribution in [-0.2, 0) is 0 Å². The van der Waals surface area contributed by atoms with E-state index in [1.807, 2.05) is 77.7 Å². The summed E-state index contributed by atoms with van der Waals surface area (Å²) in [6, 6.07) is 32.5. The lowest BCUT2D eigenvalue weighted by atomic mass is 9.96. The van der Waals surface area contributed by atoms with E-state index in [1.165, 1.54) is 17.8 Å². The summed E-state index contributed by atoms with van der Waals surface area (Å²) in [6.45, 7) is 0. The van der Waals surface area contributed by atoms with Crippen molar-refractivity contribution in [3.8, 4) is 0 Å². The molecule has 0 bridgehead atoms. The van der Waals surface area contributed by atoms with E-state index in [0.29, 0.717) is 20.6 Å². The van der Waals surface area contributed by atoms with Crippen LogP contribution in [0.4, 0.5) is 11.4 Å². The average molecular weight is 546 g/mol. The summed E-state index contributed by atoms with van der Waals surface area (Å²) in [5, 5.41) is 12.2. The van der Waals surface area contributed by atoms with Gasteiger partial charge in [-0.25, -0.2) is 0 Å². The van der Waals surface area contributed by atoms with Gasteiger partial charge in [0.15, 0.2) is 11.0 Å². The summed E-state index contributed by atoms with van der Waals surface area (Å²) in [7, 11) is 0. The van der Waals surface area contributed by atoms with Gasteiger partial charge in [-0.15, -0.1) is 0 Å². The Balaban J connectivity index is 1.62. The number of ketones is 1. The Morgan fingerprint density at radius 3 is 2.19 bits per heavy atom. The molecular weight excluding hydrogens is 526 g/mol. The van der Waals surface area contributed by atoms with E-state index in [2.05, 4.69) is 0 Å². The van der Waals surface area contributed by atoms with Crippen LogP contribution in [0.2, 0.25) is 5.02 Å². The van der Waals surface area contributed by atoms with Crippen molar-refractivity contribution in [1.29, 1.82) is 0 Å². The third-order valence-corrected chi connectivity index (χ3v) is 8.25. The van der Waals surface area contributed by atoms with E-state index in [-0.39, 0.29) is 17.5 Å². The Bertz CT molecular complexity index is 1450. The number of nitro benzene ring substituents is 1. The Hall–Kier alpha value is -3.59. The molecule has 1 saturated heterocycles. The van der Waals surface area contributed by atoms with Crippen molar-refractivity contribution in [2.45, 2.75) is 16.2 Å². The number of amidine groups is 1. The lowest BCUT2D eigenvalue weighted by molar-refractivity contribution is -0.387. The molecule has 1 aliphatic heterocycles. The molecule has 6 nitrogen and oxygen atoms in total. The standard InChI is InChI=1S/C28H20ClN3O3S2/c29-21-15-17-22(18-16-21)31-25(19-9-3-1-4-10-19)27(26(33)20-11-5-2-6-12-20)36-28(31)30-37-24-14-8-7-13-23(24)32(34)35/h1-18,25,27H/b30-28-/t25-,27+/m0/s1. The maximum Gasteiger partial charge on any atom is 0.284 e. The number of rotatable bonds is 7. The molecule has 0 N–H and O–H groups in total. The molecule has 0 radical (unpaired) electrons. The van der Waals surface area contributed by atoms with Crippen LogP contribution in [0, 0.1) is 10.1 Å². The van der Waals surface area contributed by atoms with Crippen molar-refractivity contribution in [2.75, 3.05) is 4.90 Å². The Morgan fingerprint density at radius 2 is 1.51 bits per heavy atom. The molecule has 0 spiro atoms. The maximum atomic E-state index is 13.8. The summed E-state index contributed by atoms with van der Waals surface area (Å²) in [5.41, 5.74) is 2.37. The van der Waals surface area contributed by atoms with Crippen molar-refractivity contribution in [2.24, 2.45) is 4.40 Å². The molecule has 5 rings (SSSR count). The van der Waals surface area contributed by atoms with Crippen LogP contribution < -0.4 is 4.90 Å². The number of anilines is 1. The van der Waals surface area contributed by atoms with Gasteiger partial charge in [-0.05, 0) is 35.9 Å². The zero-order valence-electron chi connectivity index (χ0n) is 19.3. The van der Waals surface area contributed by atoms with Gasteiger partial charge in [-0.1, -0.05) is 96.2 Å². The van der Waals surface area contributed by atoms with Gasteiger partial charge >= 0.3 is 0 Å². The van der Waals surface area contributed by atoms with Gasteiger partial charge in [0.2, 0.25) is 0 Å². The number of nitrogens with zero attached hydrogens (tertiary/aromatic N) is 3. The largest absolute Gasteiger partial charge is 0.311 e. The van der Waals surface area contributed by atoms with Gasteiger partial charge < -0.3 is 4.90 Å². The molecule has 9 heteroatoms. The third-order valence-electron chi connectivity index (χ3n) is 5.85. The minimum absolute atomic E-state index is 0.0145. The molecule has 0 unspecified atom stereocenters. The van der Waals surface area contributed by atoms with Gasteiger partial charge in [-0.2, -0.15) is 4.40 Å². The van der Waals surface area contributed by atoms with Gasteiger partial charge in [-0.3, -0.25) is 14.9 Å². The highest BCUT2D eigenvalue weighted by Crippen LogP contribution is 2.47. The van der Waals surface area contributed by atoms with Crippen molar-refractivity contribution >= 4 is 57.6 Å². The molecule has 2 atom stereocenters. The summed E-state index contributed by atoms with van der Waals surface area (Å²) in [4.78, 5) is 27.4. The Kier molecular flexibility index (Phi) is 7.60. The zero-order valence-corrected chi connectivity index (χ0v) is 21.7. The number of halogens is 1. The normalized spacial score (nSPS) is 18.2. The van der Waals surface area contributed by atoms with Crippen LogP contribution >= 0.6 is 35.3 Å². The monoisotopic (exact) mass is 545 g/mol. The van der Waals surface area contributed by atoms with Crippen molar-refractivity contribution < 1.29 is 9.72 Å². The number of thioether (sulfide) groups is 1. The second-order valence-corrected chi connectivity index (χ2v) is 10.5. The van der Waals surface area contributed by atoms with Crippen LogP contribution in [0.3, 0.4) is 0 Å². The summed E-state index contributed by atoms with van der Waals surface area (Å²) >= 11 is 8.57. The second-order valence-electron chi connectivity index (χ2n) is 8.16. The number of carbonyl (C=O) groups is 1. The van der Waals surface area contributed by atoms with Crippen LogP contribution in [0.25, 0.3) is 0 Å². The fraction of sp³-hybridized carbons (Fsp3) is 0.0714. The lowest BCUT2D eigenvalue weighted by Gasteiger charge is -2.28. The van der Waals surface area contributed by atoms with Crippen molar-refractivity contribution in [1.82, 2.24) is 0 Å². The highest BCUT2D eigenvalue weighted by Gasteiger charge is 2.45. The summed E-state index contributed by atoms with van der Waals surface area (Å²) in [5.74, 6) is -0.0145. The topological polar surface area (TPSA) is 75.8 Å². The molecule has 0 aliphatic carbocycles. The van der Waals surface area contributed by atoms with Crippen LogP contribution in [0.15, 0.2) is 118 Å². The minimum atomic E-state index is -0.495. The first-order valence-corrected chi connectivity index (χ1v) is 13.4. The number of nitro groups is 1. The first-order chi connectivity index (χ1) is 18.0. The van der Waals surface area contributed by atoms with E-state index in [0.717, 1.165) is 23.2 Å². The molecule has 1 heterocycles. The molecule has 1 aliphatic rings. The molecule has 4 aromatic carbocycles. The van der Waals surface area contributed by atoms with Crippen LogP contribution in [0.5, 0.6) is 0 Å². The predicted octanol–water partition coefficient (Wildman–Crippen LogP) is 7.86. The first kappa shape index (κ1) is 25.1. The predicted molar refractivity (Wildman–Crippen MR) is 152 cm³/mol. The molecule has 1 fully saturated rings. The van der Waals surface area contributed by atoms with Gasteiger partial charge in [0.05, 0.1) is 11.0 Å². The van der Waals surface area contributed by atoms with Gasteiger partial charge in [0, 0.05) is 34.3 Å². The van der Waals surface area contributed by atoms with E-state index >= 15 is 0 Å². The van der Waals surface area contributed by atoms with Gasteiger partial charge in [0.25, 0.3) is 5.69 Å². The number of para-hydroxylation sites is 1. The highest BCUT2D eigenvalue weighted by atomic mass is 35.5. The third kappa shape index (κ3) is 5.41. The molecule has 0 amide bonds. The van der Waals surface area contributed by atoms with Crippen molar-refractivity contribution in [3.63, 3.8) is 0 Å². The van der Waals surface area contributed by atoms with E-state index in [4.69, 9.17) is 16.0 Å². The minimum Gasteiger partial charge on any atom is -0.311 e. The number of hydrogen-bond donors (Lipinski definition) is 0. The summed E-state index contributed by atoms with van der Waals surface area (Å²) in [6.07, 6.45) is 0. The number of Topliss-reactive ketones (excluding diaryl/α,β-unsaturated/α-hetero) is 1. The van der Waals surface area contributed by atoms with E-state index in [1.54, 1.807) is 30.3 Å². The van der Waals surface area contributed by atoms with Gasteiger partial charge in [0.1, 0.15) is 10.1 Å². The molecule has 37 heavy (non-hydrogen) atoms. The second kappa shape index (κ2) is 11.2. The zero-order chi connectivity index (χ0) is 25.8. The molecule has 184 valence electrons. The molecule has 0 saturated carbocycles. The number of carbonyl (C=O) groups excluding carboxylic acids is 1. The Morgan fingerprint density at radius 1 is 0.892 bits per heavy atom. The van der Waals surface area contributed by atoms with Crippen LogP contribution in [-0.4, -0.2) is 21.1 Å². The quantitative estimate of drug-likeness (QED) is 0.102. The highest BCUT2D eigenvalue weighted by molar-refractivity contribution is 8.16. The lowest BCUT2D eigenvalue weighted by Crippen LogP contribution is -2.33. The fourth-order valence-electron chi connectivity index (χ4n) is 4.14. The average Bonchev–Trinajstić information content (AvgIpc) is 3.32. The smallest absolute Gasteiger partial charge is 0.284 e. The first-order valence-electron chi connectivity index (χ1n) is 11.4. The number of benzene rings is 4. The molecule has 4 aromatic rings. The van der Waals surface area contributed by atoms with Crippen LogP contribution in [0.1, 0.15) is 22.0 Å². The number of hydrogen-bond acceptors (Lipinski definition) is 6. The Labute approximate surface area is 227 Å². The molecule has 0 aromatic heterocycles. The summed E-state index contributed by atoms with van der Waals surface area (Å²) < 4.78 is 4.75. The SMILES string of the molecule is O=C(c1ccccc1)[C@@H]1S/C(=N\Sc2ccccc2[N+](=O)[O-])N(c2ccc(Cl)cc2)[C@H]1c1ccccc1. The van der Waals surface area contributed by atoms with E-state index < -0.39 is 10.2 Å².